The molecule has 0 amide bonds. The molecule has 1 fully saturated rings. The molecule has 136 valence electrons. The summed E-state index contributed by atoms with van der Waals surface area (Å²) in [6, 6.07) is 8.32. The number of nitrogens with zero attached hydrogens (tertiary/aromatic N) is 1. The molecular formula is C18H29BrIN3O. The van der Waals surface area contributed by atoms with E-state index in [2.05, 4.69) is 49.8 Å². The van der Waals surface area contributed by atoms with Gasteiger partial charge in [0.05, 0.1) is 0 Å². The van der Waals surface area contributed by atoms with Crippen LogP contribution in [0.5, 0.6) is 0 Å². The first-order chi connectivity index (χ1) is 11.2. The minimum Gasteiger partial charge on any atom is -0.385 e. The van der Waals surface area contributed by atoms with Gasteiger partial charge in [0.2, 0.25) is 0 Å². The van der Waals surface area contributed by atoms with Gasteiger partial charge in [-0.2, -0.15) is 0 Å². The van der Waals surface area contributed by atoms with Crippen molar-refractivity contribution in [2.45, 2.75) is 38.6 Å². The molecule has 4 nitrogen and oxygen atoms in total. The zero-order chi connectivity index (χ0) is 16.5. The Labute approximate surface area is 171 Å². The Morgan fingerprint density at radius 3 is 2.67 bits per heavy atom. The average molecular weight is 510 g/mol. The fraction of sp³-hybridized carbons (Fsp3) is 0.611. The molecule has 0 radical (unpaired) electrons. The van der Waals surface area contributed by atoms with Gasteiger partial charge in [-0.25, -0.2) is 0 Å². The van der Waals surface area contributed by atoms with Crippen LogP contribution in [0.2, 0.25) is 0 Å². The zero-order valence-corrected chi connectivity index (χ0v) is 18.5. The minimum atomic E-state index is 0. The normalized spacial score (nSPS) is 16.5. The Morgan fingerprint density at radius 2 is 2.04 bits per heavy atom. The minimum absolute atomic E-state index is 0. The van der Waals surface area contributed by atoms with Crippen LogP contribution in [0.3, 0.4) is 0 Å². The fourth-order valence-corrected chi connectivity index (χ4v) is 3.73. The summed E-state index contributed by atoms with van der Waals surface area (Å²) in [5.74, 6) is 0.869. The van der Waals surface area contributed by atoms with E-state index in [0.29, 0.717) is 5.41 Å². The van der Waals surface area contributed by atoms with Gasteiger partial charge in [0.25, 0.3) is 0 Å². The second-order valence-electron chi connectivity index (χ2n) is 6.36. The smallest absolute Gasteiger partial charge is 0.191 e. The van der Waals surface area contributed by atoms with E-state index in [9.17, 15) is 0 Å². The van der Waals surface area contributed by atoms with Crippen LogP contribution in [0.1, 0.15) is 37.7 Å². The summed E-state index contributed by atoms with van der Waals surface area (Å²) in [5.41, 5.74) is 1.60. The summed E-state index contributed by atoms with van der Waals surface area (Å²) in [4.78, 5) is 4.35. The molecule has 1 aromatic rings. The highest BCUT2D eigenvalue weighted by atomic mass is 127. The monoisotopic (exact) mass is 509 g/mol. The number of rotatable bonds is 7. The van der Waals surface area contributed by atoms with Crippen LogP contribution in [0.4, 0.5) is 0 Å². The summed E-state index contributed by atoms with van der Waals surface area (Å²) >= 11 is 3.51. The van der Waals surface area contributed by atoms with E-state index in [4.69, 9.17) is 4.74 Å². The quantitative estimate of drug-likeness (QED) is 0.326. The number of methoxy groups -OCH3 is 1. The van der Waals surface area contributed by atoms with Gasteiger partial charge in [0.1, 0.15) is 0 Å². The summed E-state index contributed by atoms with van der Waals surface area (Å²) in [7, 11) is 3.61. The molecule has 2 rings (SSSR count). The first-order valence-electron chi connectivity index (χ1n) is 8.35. The zero-order valence-electron chi connectivity index (χ0n) is 14.6. The summed E-state index contributed by atoms with van der Waals surface area (Å²) in [6.45, 7) is 2.57. The highest BCUT2D eigenvalue weighted by Gasteiger charge is 2.33. The van der Waals surface area contributed by atoms with Crippen molar-refractivity contribution in [1.82, 2.24) is 10.6 Å². The van der Waals surface area contributed by atoms with Crippen molar-refractivity contribution in [3.63, 3.8) is 0 Å². The van der Waals surface area contributed by atoms with Crippen molar-refractivity contribution in [1.29, 1.82) is 0 Å². The molecule has 6 heteroatoms. The molecule has 0 spiro atoms. The number of ether oxygens (including phenoxy) is 1. The predicted molar refractivity (Wildman–Crippen MR) is 115 cm³/mol. The van der Waals surface area contributed by atoms with Crippen molar-refractivity contribution in [2.75, 3.05) is 27.3 Å². The highest BCUT2D eigenvalue weighted by molar-refractivity contribution is 14.0. The molecule has 0 aliphatic heterocycles. The first kappa shape index (κ1) is 21.7. The second-order valence-corrected chi connectivity index (χ2v) is 7.27. The van der Waals surface area contributed by atoms with Crippen molar-refractivity contribution in [2.24, 2.45) is 10.4 Å². The van der Waals surface area contributed by atoms with Crippen LogP contribution >= 0.6 is 39.9 Å². The van der Waals surface area contributed by atoms with Crippen molar-refractivity contribution in [3.05, 3.63) is 34.3 Å². The molecule has 1 aliphatic carbocycles. The summed E-state index contributed by atoms with van der Waals surface area (Å²) < 4.78 is 6.40. The number of hydrogen-bond acceptors (Lipinski definition) is 2. The van der Waals surface area contributed by atoms with Crippen molar-refractivity contribution >= 4 is 45.9 Å². The molecule has 1 aromatic carbocycles. The lowest BCUT2D eigenvalue weighted by Crippen LogP contribution is -2.43. The number of benzene rings is 1. The maximum atomic E-state index is 5.30. The Bertz CT molecular complexity index is 519. The predicted octanol–water partition coefficient (Wildman–Crippen LogP) is 4.33. The van der Waals surface area contributed by atoms with Gasteiger partial charge in [-0.15, -0.1) is 24.0 Å². The SMILES string of the molecule is CN=C(NCc1cccc(Br)c1)NCC1(CCOC)CCCC1.I. The number of guanidine groups is 1. The average Bonchev–Trinajstić information content (AvgIpc) is 3.02. The molecular weight excluding hydrogens is 481 g/mol. The standard InChI is InChI=1S/C18H28BrN3O.HI/c1-20-17(21-13-15-6-5-7-16(19)12-15)22-14-18(10-11-23-2)8-3-4-9-18;/h5-7,12H,3-4,8-11,13-14H2,1-2H3,(H2,20,21,22);1H. The number of hydrogen-bond donors (Lipinski definition) is 2. The lowest BCUT2D eigenvalue weighted by molar-refractivity contribution is 0.138. The Morgan fingerprint density at radius 1 is 1.29 bits per heavy atom. The molecule has 0 unspecified atom stereocenters. The molecule has 0 bridgehead atoms. The molecule has 1 saturated carbocycles. The van der Waals surface area contributed by atoms with Gasteiger partial charge in [-0.3, -0.25) is 4.99 Å². The van der Waals surface area contributed by atoms with Crippen LogP contribution in [0.15, 0.2) is 33.7 Å². The molecule has 0 heterocycles. The lowest BCUT2D eigenvalue weighted by atomic mass is 9.83. The maximum Gasteiger partial charge on any atom is 0.191 e. The van der Waals surface area contributed by atoms with Gasteiger partial charge in [-0.05, 0) is 42.4 Å². The van der Waals surface area contributed by atoms with Crippen LogP contribution in [-0.4, -0.2) is 33.3 Å². The van der Waals surface area contributed by atoms with Crippen molar-refractivity contribution in [3.8, 4) is 0 Å². The number of halogens is 2. The Hall–Kier alpha value is -0.340. The van der Waals surface area contributed by atoms with Crippen LogP contribution in [-0.2, 0) is 11.3 Å². The third-order valence-electron chi connectivity index (χ3n) is 4.70. The van der Waals surface area contributed by atoms with Gasteiger partial charge in [0.15, 0.2) is 5.96 Å². The topological polar surface area (TPSA) is 45.7 Å². The highest BCUT2D eigenvalue weighted by Crippen LogP contribution is 2.40. The van der Waals surface area contributed by atoms with E-state index in [1.165, 1.54) is 31.2 Å². The van der Waals surface area contributed by atoms with Gasteiger partial charge in [0, 0.05) is 38.3 Å². The molecule has 0 saturated heterocycles. The van der Waals surface area contributed by atoms with Gasteiger partial charge >= 0.3 is 0 Å². The van der Waals surface area contributed by atoms with Crippen molar-refractivity contribution < 1.29 is 4.74 Å². The molecule has 0 atom stereocenters. The van der Waals surface area contributed by atoms with Gasteiger partial charge < -0.3 is 15.4 Å². The first-order valence-corrected chi connectivity index (χ1v) is 9.15. The van der Waals surface area contributed by atoms with Crippen LogP contribution < -0.4 is 10.6 Å². The van der Waals surface area contributed by atoms with Gasteiger partial charge in [-0.1, -0.05) is 40.9 Å². The number of nitrogens with one attached hydrogen (secondary N) is 2. The fourth-order valence-electron chi connectivity index (χ4n) is 3.28. The van der Waals surface area contributed by atoms with E-state index in [0.717, 1.165) is 36.5 Å². The van der Waals surface area contributed by atoms with E-state index < -0.39 is 0 Å². The molecule has 24 heavy (non-hydrogen) atoms. The molecule has 2 N–H and O–H groups in total. The maximum absolute atomic E-state index is 5.30. The summed E-state index contributed by atoms with van der Waals surface area (Å²) in [5, 5.41) is 6.91. The second kappa shape index (κ2) is 11.3. The number of aliphatic imine (C=N–C) groups is 1. The lowest BCUT2D eigenvalue weighted by Gasteiger charge is -2.30. The summed E-state index contributed by atoms with van der Waals surface area (Å²) in [6.07, 6.45) is 6.35. The van der Waals surface area contributed by atoms with E-state index in [-0.39, 0.29) is 24.0 Å². The Kier molecular flexibility index (Phi) is 10.2. The Balaban J connectivity index is 0.00000288. The van der Waals surface area contributed by atoms with E-state index in [1.54, 1.807) is 7.11 Å². The molecule has 0 aromatic heterocycles. The van der Waals surface area contributed by atoms with Crippen LogP contribution in [0.25, 0.3) is 0 Å². The third kappa shape index (κ3) is 6.88. The van der Waals surface area contributed by atoms with E-state index in [1.807, 2.05) is 13.1 Å². The van der Waals surface area contributed by atoms with Crippen LogP contribution in [0, 0.1) is 5.41 Å². The third-order valence-corrected chi connectivity index (χ3v) is 5.20. The molecule has 1 aliphatic rings. The largest absolute Gasteiger partial charge is 0.385 e. The van der Waals surface area contributed by atoms with E-state index >= 15 is 0 Å².